The van der Waals surface area contributed by atoms with Crippen LogP contribution in [0.2, 0.25) is 5.28 Å². The number of nitrogens with zero attached hydrogens (tertiary/aromatic N) is 4. The molecule has 0 bridgehead atoms. The van der Waals surface area contributed by atoms with Gasteiger partial charge in [-0.15, -0.1) is 0 Å². The van der Waals surface area contributed by atoms with E-state index in [2.05, 4.69) is 19.9 Å². The quantitative estimate of drug-likeness (QED) is 0.853. The predicted molar refractivity (Wildman–Crippen MR) is 68.6 cm³/mol. The number of pyridine rings is 1. The van der Waals surface area contributed by atoms with E-state index >= 15 is 0 Å². The molecule has 0 saturated carbocycles. The highest BCUT2D eigenvalue weighted by atomic mass is 35.5. The smallest absolute Gasteiger partial charge is 0.321 e. The summed E-state index contributed by atoms with van der Waals surface area (Å²) in [6, 6.07) is 2.11. The molecule has 2 aromatic rings. The van der Waals surface area contributed by atoms with Crippen LogP contribution >= 0.6 is 11.6 Å². The molecular formula is C12H13ClN4O. The Morgan fingerprint density at radius 3 is 2.67 bits per heavy atom. The fraction of sp³-hybridized carbons (Fsp3) is 0.333. The maximum absolute atomic E-state index is 5.87. The zero-order valence-corrected chi connectivity index (χ0v) is 11.1. The molecule has 2 heterocycles. The van der Waals surface area contributed by atoms with Crippen molar-refractivity contribution in [2.24, 2.45) is 0 Å². The standard InChI is InChI=1S/C12H13ClN4O/c1-7(2)18-12-16-10(15-11(13)17-12)9-6-14-5-4-8(9)3/h4-7H,1-3H3. The summed E-state index contributed by atoms with van der Waals surface area (Å²) in [5.74, 6) is 0.469. The Morgan fingerprint density at radius 1 is 1.22 bits per heavy atom. The van der Waals surface area contributed by atoms with Crippen molar-refractivity contribution in [1.29, 1.82) is 0 Å². The van der Waals surface area contributed by atoms with Gasteiger partial charge in [-0.1, -0.05) is 0 Å². The minimum atomic E-state index is -0.0219. The molecule has 0 saturated heterocycles. The minimum absolute atomic E-state index is 0.0219. The van der Waals surface area contributed by atoms with Crippen LogP contribution in [0.15, 0.2) is 18.5 Å². The predicted octanol–water partition coefficient (Wildman–Crippen LogP) is 2.68. The Balaban J connectivity index is 2.45. The first-order chi connectivity index (χ1) is 8.56. The third kappa shape index (κ3) is 2.92. The zero-order valence-electron chi connectivity index (χ0n) is 10.4. The normalized spacial score (nSPS) is 10.7. The molecule has 5 nitrogen and oxygen atoms in total. The van der Waals surface area contributed by atoms with Gasteiger partial charge in [-0.3, -0.25) is 4.98 Å². The number of halogens is 1. The molecule has 18 heavy (non-hydrogen) atoms. The minimum Gasteiger partial charge on any atom is -0.461 e. The van der Waals surface area contributed by atoms with Crippen LogP contribution in [-0.4, -0.2) is 26.0 Å². The molecule has 0 atom stereocenters. The van der Waals surface area contributed by atoms with Gasteiger partial charge in [0.25, 0.3) is 0 Å². The highest BCUT2D eigenvalue weighted by Crippen LogP contribution is 2.21. The average molecular weight is 265 g/mol. The van der Waals surface area contributed by atoms with Crippen molar-refractivity contribution in [3.63, 3.8) is 0 Å². The highest BCUT2D eigenvalue weighted by molar-refractivity contribution is 6.28. The molecule has 0 N–H and O–H groups in total. The summed E-state index contributed by atoms with van der Waals surface area (Å²) in [5, 5.41) is 0.110. The molecule has 0 aromatic carbocycles. The van der Waals surface area contributed by atoms with Gasteiger partial charge in [0, 0.05) is 18.0 Å². The summed E-state index contributed by atoms with van der Waals surface area (Å²) in [5.41, 5.74) is 1.83. The van der Waals surface area contributed by atoms with E-state index in [-0.39, 0.29) is 17.4 Å². The molecule has 0 radical (unpaired) electrons. The van der Waals surface area contributed by atoms with Gasteiger partial charge < -0.3 is 4.74 Å². The first-order valence-electron chi connectivity index (χ1n) is 5.55. The molecule has 2 aromatic heterocycles. The zero-order chi connectivity index (χ0) is 13.1. The van der Waals surface area contributed by atoms with Crippen LogP contribution in [0.25, 0.3) is 11.4 Å². The molecule has 0 aliphatic carbocycles. The van der Waals surface area contributed by atoms with E-state index in [0.717, 1.165) is 11.1 Å². The summed E-state index contributed by atoms with van der Waals surface area (Å²) in [6.45, 7) is 5.75. The van der Waals surface area contributed by atoms with Crippen molar-refractivity contribution >= 4 is 11.6 Å². The monoisotopic (exact) mass is 264 g/mol. The number of rotatable bonds is 3. The number of hydrogen-bond donors (Lipinski definition) is 0. The SMILES string of the molecule is Cc1ccncc1-c1nc(Cl)nc(OC(C)C)n1. The van der Waals surface area contributed by atoms with E-state index in [0.29, 0.717) is 5.82 Å². The highest BCUT2D eigenvalue weighted by Gasteiger charge is 2.11. The van der Waals surface area contributed by atoms with Gasteiger partial charge in [-0.05, 0) is 44.0 Å². The lowest BCUT2D eigenvalue weighted by molar-refractivity contribution is 0.222. The average Bonchev–Trinajstić information content (AvgIpc) is 2.27. The molecule has 6 heteroatoms. The molecule has 0 aliphatic heterocycles. The Bertz CT molecular complexity index is 560. The first kappa shape index (κ1) is 12.7. The van der Waals surface area contributed by atoms with E-state index in [1.54, 1.807) is 12.4 Å². The van der Waals surface area contributed by atoms with E-state index in [1.165, 1.54) is 0 Å². The van der Waals surface area contributed by atoms with Crippen LogP contribution in [0.5, 0.6) is 6.01 Å². The van der Waals surface area contributed by atoms with Crippen LogP contribution in [0, 0.1) is 6.92 Å². The van der Waals surface area contributed by atoms with Gasteiger partial charge in [0.15, 0.2) is 5.82 Å². The van der Waals surface area contributed by atoms with Crippen molar-refractivity contribution in [3.8, 4) is 17.4 Å². The van der Waals surface area contributed by atoms with Gasteiger partial charge in [-0.2, -0.15) is 15.0 Å². The van der Waals surface area contributed by atoms with Crippen molar-refractivity contribution < 1.29 is 4.74 Å². The van der Waals surface area contributed by atoms with E-state index in [4.69, 9.17) is 16.3 Å². The Morgan fingerprint density at radius 2 is 2.00 bits per heavy atom. The second-order valence-electron chi connectivity index (χ2n) is 4.07. The number of aromatic nitrogens is 4. The summed E-state index contributed by atoms with van der Waals surface area (Å²) in [6.07, 6.45) is 3.39. The van der Waals surface area contributed by atoms with Crippen LogP contribution < -0.4 is 4.74 Å². The van der Waals surface area contributed by atoms with Crippen LogP contribution in [0.4, 0.5) is 0 Å². The maximum Gasteiger partial charge on any atom is 0.321 e. The Labute approximate surface area is 110 Å². The second kappa shape index (κ2) is 5.27. The van der Waals surface area contributed by atoms with E-state index < -0.39 is 0 Å². The fourth-order valence-corrected chi connectivity index (χ4v) is 1.57. The Kier molecular flexibility index (Phi) is 3.72. The van der Waals surface area contributed by atoms with Crippen LogP contribution in [0.3, 0.4) is 0 Å². The number of ether oxygens (including phenoxy) is 1. The molecular weight excluding hydrogens is 252 g/mol. The molecule has 0 unspecified atom stereocenters. The Hall–Kier alpha value is -1.75. The van der Waals surface area contributed by atoms with Gasteiger partial charge in [0.05, 0.1) is 6.10 Å². The lowest BCUT2D eigenvalue weighted by atomic mass is 10.1. The summed E-state index contributed by atoms with van der Waals surface area (Å²) in [4.78, 5) is 16.3. The van der Waals surface area contributed by atoms with Crippen LogP contribution in [0.1, 0.15) is 19.4 Å². The topological polar surface area (TPSA) is 60.8 Å². The molecule has 2 rings (SSSR count). The number of hydrogen-bond acceptors (Lipinski definition) is 5. The molecule has 94 valence electrons. The molecule has 0 spiro atoms. The number of aryl methyl sites for hydroxylation is 1. The van der Waals surface area contributed by atoms with E-state index in [9.17, 15) is 0 Å². The van der Waals surface area contributed by atoms with Gasteiger partial charge in [0.2, 0.25) is 5.28 Å². The van der Waals surface area contributed by atoms with Gasteiger partial charge in [0.1, 0.15) is 0 Å². The van der Waals surface area contributed by atoms with Gasteiger partial charge in [-0.25, -0.2) is 0 Å². The van der Waals surface area contributed by atoms with Crippen molar-refractivity contribution in [2.45, 2.75) is 26.9 Å². The van der Waals surface area contributed by atoms with Crippen molar-refractivity contribution in [1.82, 2.24) is 19.9 Å². The van der Waals surface area contributed by atoms with Gasteiger partial charge >= 0.3 is 6.01 Å². The first-order valence-corrected chi connectivity index (χ1v) is 5.93. The summed E-state index contributed by atoms with van der Waals surface area (Å²) < 4.78 is 5.43. The lowest BCUT2D eigenvalue weighted by Gasteiger charge is -2.09. The summed E-state index contributed by atoms with van der Waals surface area (Å²) >= 11 is 5.87. The second-order valence-corrected chi connectivity index (χ2v) is 4.41. The molecule has 0 fully saturated rings. The third-order valence-corrected chi connectivity index (χ3v) is 2.38. The third-order valence-electron chi connectivity index (χ3n) is 2.21. The fourth-order valence-electron chi connectivity index (χ4n) is 1.41. The van der Waals surface area contributed by atoms with Crippen molar-refractivity contribution in [3.05, 3.63) is 29.3 Å². The van der Waals surface area contributed by atoms with Crippen LogP contribution in [-0.2, 0) is 0 Å². The maximum atomic E-state index is 5.87. The van der Waals surface area contributed by atoms with Crippen molar-refractivity contribution in [2.75, 3.05) is 0 Å². The largest absolute Gasteiger partial charge is 0.461 e. The molecule has 0 aliphatic rings. The lowest BCUT2D eigenvalue weighted by Crippen LogP contribution is -2.09. The van der Waals surface area contributed by atoms with E-state index in [1.807, 2.05) is 26.8 Å². The molecule has 0 amide bonds. The summed E-state index contributed by atoms with van der Waals surface area (Å²) in [7, 11) is 0.